The number of aryl methyl sites for hydroxylation is 2. The van der Waals surface area contributed by atoms with E-state index in [1.165, 1.54) is 0 Å². The average molecular weight is 305 g/mol. The number of amides is 1. The van der Waals surface area contributed by atoms with Gasteiger partial charge in [-0.3, -0.25) is 13.7 Å². The largest absolute Gasteiger partial charge is 0.355 e. The van der Waals surface area contributed by atoms with Gasteiger partial charge in [0.25, 0.3) is 0 Å². The summed E-state index contributed by atoms with van der Waals surface area (Å²) in [5.41, 5.74) is 1.08. The summed E-state index contributed by atoms with van der Waals surface area (Å²) >= 11 is 0. The smallest absolute Gasteiger partial charge is 0.221 e. The minimum Gasteiger partial charge on any atom is -0.355 e. The normalized spacial score (nSPS) is 12.0. The van der Waals surface area contributed by atoms with Crippen LogP contribution in [-0.4, -0.2) is 32.2 Å². The zero-order valence-electron chi connectivity index (χ0n) is 12.0. The second kappa shape index (κ2) is 7.73. The summed E-state index contributed by atoms with van der Waals surface area (Å²) in [5, 5.41) is 6.91. The Balaban J connectivity index is 1.66. The van der Waals surface area contributed by atoms with Crippen molar-refractivity contribution < 1.29 is 9.00 Å². The summed E-state index contributed by atoms with van der Waals surface area (Å²) in [4.78, 5) is 12.5. The van der Waals surface area contributed by atoms with E-state index in [1.54, 1.807) is 10.9 Å². The van der Waals surface area contributed by atoms with Crippen molar-refractivity contribution in [3.63, 3.8) is 0 Å². The molecule has 1 atom stereocenters. The fourth-order valence-corrected chi connectivity index (χ4v) is 2.85. The van der Waals surface area contributed by atoms with Crippen molar-refractivity contribution in [1.29, 1.82) is 0 Å². The van der Waals surface area contributed by atoms with Crippen LogP contribution in [0.4, 0.5) is 0 Å². The van der Waals surface area contributed by atoms with Crippen LogP contribution < -0.4 is 5.32 Å². The van der Waals surface area contributed by atoms with Gasteiger partial charge in [-0.15, -0.1) is 0 Å². The lowest BCUT2D eigenvalue weighted by atomic mass is 10.4. The van der Waals surface area contributed by atoms with Crippen LogP contribution in [0.5, 0.6) is 0 Å². The Bertz CT molecular complexity index is 610. The van der Waals surface area contributed by atoms with E-state index >= 15 is 0 Å². The lowest BCUT2D eigenvalue weighted by Gasteiger charge is -2.06. The predicted molar refractivity (Wildman–Crippen MR) is 82.3 cm³/mol. The summed E-state index contributed by atoms with van der Waals surface area (Å²) in [6.45, 7) is 2.93. The van der Waals surface area contributed by atoms with Gasteiger partial charge in [-0.25, -0.2) is 0 Å². The maximum absolute atomic E-state index is 12.0. The van der Waals surface area contributed by atoms with Gasteiger partial charge in [0.05, 0.1) is 17.0 Å². The highest BCUT2D eigenvalue weighted by molar-refractivity contribution is 7.85. The van der Waals surface area contributed by atoms with Gasteiger partial charge in [0.2, 0.25) is 5.91 Å². The van der Waals surface area contributed by atoms with E-state index in [4.69, 9.17) is 0 Å². The summed E-state index contributed by atoms with van der Waals surface area (Å²) in [7, 11) is -1.07. The molecule has 0 saturated carbocycles. The molecule has 0 fully saturated rings. The highest BCUT2D eigenvalue weighted by Crippen LogP contribution is 2.04. The fraction of sp³-hybridized carbons (Fsp3) is 0.333. The van der Waals surface area contributed by atoms with Crippen molar-refractivity contribution >= 4 is 16.7 Å². The molecule has 0 bridgehead atoms. The first-order valence-electron chi connectivity index (χ1n) is 6.84. The predicted octanol–water partition coefficient (Wildman–Crippen LogP) is 1.51. The topological polar surface area (TPSA) is 64.0 Å². The molecule has 6 heteroatoms. The number of nitrogens with one attached hydrogen (secondary N) is 1. The number of hydrogen-bond acceptors (Lipinski definition) is 3. The Kier molecular flexibility index (Phi) is 5.68. The molecule has 0 aliphatic carbocycles. The molecule has 5 nitrogen and oxygen atoms in total. The summed E-state index contributed by atoms with van der Waals surface area (Å²) < 4.78 is 13.7. The monoisotopic (exact) mass is 305 g/mol. The van der Waals surface area contributed by atoms with Gasteiger partial charge in [0, 0.05) is 36.4 Å². The van der Waals surface area contributed by atoms with E-state index in [0.717, 1.165) is 10.5 Å². The third-order valence-corrected chi connectivity index (χ3v) is 4.32. The molecule has 0 saturated heterocycles. The Labute approximate surface area is 126 Å². The minimum absolute atomic E-state index is 0.0479. The average Bonchev–Trinajstić information content (AvgIpc) is 2.91. The lowest BCUT2D eigenvalue weighted by Crippen LogP contribution is -2.28. The number of carbonyl (C=O) groups excluding carboxylic acids is 1. The highest BCUT2D eigenvalue weighted by atomic mass is 32.2. The van der Waals surface area contributed by atoms with Crippen LogP contribution >= 0.6 is 0 Å². The molecule has 2 aromatic rings. The van der Waals surface area contributed by atoms with E-state index in [2.05, 4.69) is 10.4 Å². The number of aromatic nitrogens is 2. The molecular formula is C15H19N3O2S. The van der Waals surface area contributed by atoms with Crippen molar-refractivity contribution in [2.24, 2.45) is 0 Å². The van der Waals surface area contributed by atoms with Crippen molar-refractivity contribution in [3.05, 3.63) is 48.3 Å². The summed E-state index contributed by atoms with van der Waals surface area (Å²) in [6, 6.07) is 9.27. The molecule has 1 amide bonds. The highest BCUT2D eigenvalue weighted by Gasteiger charge is 2.05. The van der Waals surface area contributed by atoms with Gasteiger partial charge < -0.3 is 5.32 Å². The molecule has 0 aliphatic rings. The van der Waals surface area contributed by atoms with Crippen LogP contribution in [-0.2, 0) is 22.1 Å². The van der Waals surface area contributed by atoms with E-state index in [1.807, 2.05) is 43.5 Å². The maximum Gasteiger partial charge on any atom is 0.221 e. The van der Waals surface area contributed by atoms with Gasteiger partial charge in [-0.2, -0.15) is 5.10 Å². The molecule has 1 heterocycles. The van der Waals surface area contributed by atoms with Gasteiger partial charge in [-0.1, -0.05) is 18.2 Å². The van der Waals surface area contributed by atoms with E-state index in [9.17, 15) is 9.00 Å². The van der Waals surface area contributed by atoms with E-state index in [-0.39, 0.29) is 5.91 Å². The third-order valence-electron chi connectivity index (χ3n) is 2.95. The van der Waals surface area contributed by atoms with Crippen LogP contribution in [0.2, 0.25) is 0 Å². The van der Waals surface area contributed by atoms with Crippen LogP contribution in [0.15, 0.2) is 47.6 Å². The molecule has 0 aliphatic heterocycles. The molecule has 1 aromatic carbocycles. The van der Waals surface area contributed by atoms with Crippen LogP contribution in [0.1, 0.15) is 12.0 Å². The molecule has 21 heavy (non-hydrogen) atoms. The lowest BCUT2D eigenvalue weighted by molar-refractivity contribution is -0.121. The number of nitrogens with zero attached hydrogens (tertiary/aromatic N) is 2. The number of rotatable bonds is 7. The van der Waals surface area contributed by atoms with Gasteiger partial charge in [-0.05, 0) is 24.6 Å². The van der Waals surface area contributed by atoms with Crippen molar-refractivity contribution in [2.45, 2.75) is 24.8 Å². The van der Waals surface area contributed by atoms with Crippen LogP contribution in [0.3, 0.4) is 0 Å². The number of hydrogen-bond donors (Lipinski definition) is 1. The van der Waals surface area contributed by atoms with Crippen molar-refractivity contribution in [3.8, 4) is 0 Å². The minimum atomic E-state index is -1.07. The summed E-state index contributed by atoms with van der Waals surface area (Å²) in [6.07, 6.45) is 4.04. The molecule has 1 aromatic heterocycles. The fourth-order valence-electron chi connectivity index (χ4n) is 1.87. The zero-order chi connectivity index (χ0) is 15.1. The first kappa shape index (κ1) is 15.4. The Hall–Kier alpha value is -1.95. The molecule has 1 N–H and O–H groups in total. The zero-order valence-corrected chi connectivity index (χ0v) is 12.8. The van der Waals surface area contributed by atoms with Gasteiger partial charge in [0.1, 0.15) is 0 Å². The molecule has 2 rings (SSSR count). The number of benzene rings is 1. The Morgan fingerprint density at radius 2 is 2.10 bits per heavy atom. The van der Waals surface area contributed by atoms with Crippen LogP contribution in [0.25, 0.3) is 0 Å². The second-order valence-electron chi connectivity index (χ2n) is 4.74. The van der Waals surface area contributed by atoms with Gasteiger partial charge >= 0.3 is 0 Å². The first-order chi connectivity index (χ1) is 10.1. The van der Waals surface area contributed by atoms with E-state index in [0.29, 0.717) is 25.3 Å². The standard InChI is InChI=1S/C15H19N3O2S/c1-13-11-17-18(12-13)9-7-15(19)16-8-10-21(20)14-5-3-2-4-6-14/h2-6,11-12H,7-10H2,1H3,(H,16,19). The summed E-state index contributed by atoms with van der Waals surface area (Å²) in [5.74, 6) is 0.379. The molecule has 1 unspecified atom stereocenters. The SMILES string of the molecule is Cc1cnn(CCC(=O)NCCS(=O)c2ccccc2)c1. The first-order valence-corrected chi connectivity index (χ1v) is 8.16. The third kappa shape index (κ3) is 5.15. The second-order valence-corrected chi connectivity index (χ2v) is 6.31. The van der Waals surface area contributed by atoms with Crippen LogP contribution in [0, 0.1) is 6.92 Å². The molecule has 0 spiro atoms. The molecular weight excluding hydrogens is 286 g/mol. The number of carbonyl (C=O) groups is 1. The van der Waals surface area contributed by atoms with E-state index < -0.39 is 10.8 Å². The molecule has 0 radical (unpaired) electrons. The van der Waals surface area contributed by atoms with Gasteiger partial charge in [0.15, 0.2) is 0 Å². The van der Waals surface area contributed by atoms with Crippen molar-refractivity contribution in [2.75, 3.05) is 12.3 Å². The Morgan fingerprint density at radius 1 is 1.33 bits per heavy atom. The van der Waals surface area contributed by atoms with Crippen molar-refractivity contribution in [1.82, 2.24) is 15.1 Å². The quantitative estimate of drug-likeness (QED) is 0.843. The molecule has 112 valence electrons. The maximum atomic E-state index is 12.0. The Morgan fingerprint density at radius 3 is 2.76 bits per heavy atom.